The summed E-state index contributed by atoms with van der Waals surface area (Å²) in [6.07, 6.45) is 3.38. The Morgan fingerprint density at radius 3 is 2.42 bits per heavy atom. The number of aromatic nitrogens is 3. The van der Waals surface area contributed by atoms with Crippen molar-refractivity contribution in [2.75, 3.05) is 24.3 Å². The standard InChI is InChI=1S/C29H37N5O3S/c1-28(2,3)26-24-25(20-10-8-9-11-21(20)37-7)38-18-23(36)33(27(24)34(32-26)29(4,5)6)17-22(35)31-16-19-12-14-30-15-13-19/h8-15,25H,16-18H2,1-7H3,(H,31,35). The van der Waals surface area contributed by atoms with E-state index in [1.807, 2.05) is 41.1 Å². The minimum atomic E-state index is -0.431. The molecule has 2 aromatic heterocycles. The van der Waals surface area contributed by atoms with Gasteiger partial charge in [0.25, 0.3) is 0 Å². The van der Waals surface area contributed by atoms with Gasteiger partial charge in [-0.15, -0.1) is 11.8 Å². The number of hydrogen-bond acceptors (Lipinski definition) is 6. The van der Waals surface area contributed by atoms with Crippen LogP contribution in [-0.2, 0) is 27.1 Å². The number of methoxy groups -OCH3 is 1. The number of carbonyl (C=O) groups is 2. The van der Waals surface area contributed by atoms with Crippen LogP contribution in [0.5, 0.6) is 5.75 Å². The highest BCUT2D eigenvalue weighted by atomic mass is 32.2. The maximum atomic E-state index is 13.7. The fraction of sp³-hybridized carbons (Fsp3) is 0.448. The van der Waals surface area contributed by atoms with E-state index in [-0.39, 0.29) is 34.8 Å². The number of carbonyl (C=O) groups excluding carboxylic acids is 2. The van der Waals surface area contributed by atoms with Gasteiger partial charge in [-0.2, -0.15) is 5.10 Å². The summed E-state index contributed by atoms with van der Waals surface area (Å²) in [6, 6.07) is 11.6. The predicted octanol–water partition coefficient (Wildman–Crippen LogP) is 4.82. The summed E-state index contributed by atoms with van der Waals surface area (Å²) in [6.45, 7) is 12.8. The molecule has 1 aliphatic rings. The zero-order valence-electron chi connectivity index (χ0n) is 23.2. The molecule has 1 atom stereocenters. The number of thioether (sulfide) groups is 1. The van der Waals surface area contributed by atoms with Gasteiger partial charge in [-0.05, 0) is 44.5 Å². The van der Waals surface area contributed by atoms with Gasteiger partial charge < -0.3 is 10.1 Å². The SMILES string of the molecule is COc1ccccc1C1SCC(=O)N(CC(=O)NCc2ccncc2)c2c1c(C(C)(C)C)nn2C(C)(C)C. The number of pyridine rings is 1. The van der Waals surface area contributed by atoms with Crippen LogP contribution in [0.3, 0.4) is 0 Å². The third kappa shape index (κ3) is 5.72. The first-order valence-corrected chi connectivity index (χ1v) is 13.8. The highest BCUT2D eigenvalue weighted by Crippen LogP contribution is 2.50. The van der Waals surface area contributed by atoms with Gasteiger partial charge in [0, 0.05) is 35.5 Å². The van der Waals surface area contributed by atoms with Crippen molar-refractivity contribution < 1.29 is 14.3 Å². The van der Waals surface area contributed by atoms with Crippen molar-refractivity contribution in [2.24, 2.45) is 0 Å². The van der Waals surface area contributed by atoms with E-state index in [1.54, 1.807) is 36.2 Å². The molecule has 2 amide bonds. The van der Waals surface area contributed by atoms with Gasteiger partial charge in [-0.1, -0.05) is 39.0 Å². The quantitative estimate of drug-likeness (QED) is 0.487. The third-order valence-corrected chi connectivity index (χ3v) is 7.63. The second kappa shape index (κ2) is 10.8. The van der Waals surface area contributed by atoms with Crippen LogP contribution in [0.25, 0.3) is 0 Å². The highest BCUT2D eigenvalue weighted by molar-refractivity contribution is 8.00. The van der Waals surface area contributed by atoms with E-state index in [0.717, 1.165) is 28.1 Å². The van der Waals surface area contributed by atoms with E-state index in [2.05, 4.69) is 51.8 Å². The Labute approximate surface area is 229 Å². The Balaban J connectivity index is 1.85. The molecule has 202 valence electrons. The number of fused-ring (bicyclic) bond motifs is 1. The molecule has 0 saturated heterocycles. The van der Waals surface area contributed by atoms with Crippen molar-refractivity contribution in [2.45, 2.75) is 64.3 Å². The van der Waals surface area contributed by atoms with Crippen molar-refractivity contribution in [3.8, 4) is 5.75 Å². The number of anilines is 1. The van der Waals surface area contributed by atoms with Gasteiger partial charge >= 0.3 is 0 Å². The Hall–Kier alpha value is -3.33. The largest absolute Gasteiger partial charge is 0.496 e. The smallest absolute Gasteiger partial charge is 0.240 e. The average molecular weight is 536 g/mol. The first-order chi connectivity index (χ1) is 17.9. The van der Waals surface area contributed by atoms with E-state index in [9.17, 15) is 9.59 Å². The lowest BCUT2D eigenvalue weighted by Crippen LogP contribution is -2.43. The summed E-state index contributed by atoms with van der Waals surface area (Å²) < 4.78 is 7.66. The summed E-state index contributed by atoms with van der Waals surface area (Å²) in [7, 11) is 1.66. The Morgan fingerprint density at radius 2 is 1.79 bits per heavy atom. The number of amides is 2. The first kappa shape index (κ1) is 27.7. The minimum Gasteiger partial charge on any atom is -0.496 e. The summed E-state index contributed by atoms with van der Waals surface area (Å²) in [5.74, 6) is 1.30. The van der Waals surface area contributed by atoms with E-state index >= 15 is 0 Å². The normalized spacial score (nSPS) is 16.1. The molecule has 1 unspecified atom stereocenters. The van der Waals surface area contributed by atoms with E-state index in [0.29, 0.717) is 12.4 Å². The summed E-state index contributed by atoms with van der Waals surface area (Å²) in [5, 5.41) is 7.89. The molecule has 8 nitrogen and oxygen atoms in total. The third-order valence-electron chi connectivity index (χ3n) is 6.40. The molecule has 3 heterocycles. The molecule has 0 spiro atoms. The fourth-order valence-electron chi connectivity index (χ4n) is 4.57. The molecule has 1 N–H and O–H groups in total. The molecule has 1 aliphatic heterocycles. The zero-order chi connectivity index (χ0) is 27.7. The second-order valence-electron chi connectivity index (χ2n) is 11.5. The molecule has 1 aromatic carbocycles. The maximum Gasteiger partial charge on any atom is 0.240 e. The van der Waals surface area contributed by atoms with Crippen LogP contribution in [0, 0.1) is 0 Å². The van der Waals surface area contributed by atoms with E-state index in [1.165, 1.54) is 0 Å². The summed E-state index contributed by atoms with van der Waals surface area (Å²) >= 11 is 1.55. The van der Waals surface area contributed by atoms with Crippen LogP contribution in [0.15, 0.2) is 48.8 Å². The van der Waals surface area contributed by atoms with Crippen LogP contribution in [0.1, 0.15) is 69.2 Å². The number of rotatable bonds is 6. The summed E-state index contributed by atoms with van der Waals surface area (Å²) in [4.78, 5) is 32.5. The van der Waals surface area contributed by atoms with Gasteiger partial charge in [0.05, 0.1) is 29.3 Å². The molecule has 0 bridgehead atoms. The maximum absolute atomic E-state index is 13.7. The van der Waals surface area contributed by atoms with Crippen molar-refractivity contribution in [1.29, 1.82) is 0 Å². The molecule has 0 radical (unpaired) electrons. The zero-order valence-corrected chi connectivity index (χ0v) is 24.1. The van der Waals surface area contributed by atoms with Crippen LogP contribution in [0.2, 0.25) is 0 Å². The average Bonchev–Trinajstić information content (AvgIpc) is 3.23. The van der Waals surface area contributed by atoms with E-state index in [4.69, 9.17) is 9.84 Å². The molecular formula is C29H37N5O3S. The van der Waals surface area contributed by atoms with E-state index < -0.39 is 5.54 Å². The van der Waals surface area contributed by atoms with Crippen molar-refractivity contribution in [3.63, 3.8) is 0 Å². The number of hydrogen-bond donors (Lipinski definition) is 1. The highest BCUT2D eigenvalue weighted by Gasteiger charge is 2.42. The van der Waals surface area contributed by atoms with Crippen LogP contribution < -0.4 is 15.0 Å². The fourth-order valence-corrected chi connectivity index (χ4v) is 5.79. The minimum absolute atomic E-state index is 0.0958. The Morgan fingerprint density at radius 1 is 1.11 bits per heavy atom. The van der Waals surface area contributed by atoms with Crippen LogP contribution in [-0.4, -0.2) is 46.0 Å². The van der Waals surface area contributed by atoms with Crippen molar-refractivity contribution in [3.05, 3.63) is 71.2 Å². The molecule has 9 heteroatoms. The Bertz CT molecular complexity index is 1310. The number of ether oxygens (including phenoxy) is 1. The lowest BCUT2D eigenvalue weighted by molar-refractivity contribution is -0.123. The Kier molecular flexibility index (Phi) is 7.88. The molecule has 0 fully saturated rings. The molecule has 0 saturated carbocycles. The number of nitrogens with one attached hydrogen (secondary N) is 1. The second-order valence-corrected chi connectivity index (χ2v) is 12.6. The van der Waals surface area contributed by atoms with Crippen molar-refractivity contribution in [1.82, 2.24) is 20.1 Å². The first-order valence-electron chi connectivity index (χ1n) is 12.8. The lowest BCUT2D eigenvalue weighted by Gasteiger charge is -2.29. The number of para-hydroxylation sites is 1. The monoisotopic (exact) mass is 535 g/mol. The van der Waals surface area contributed by atoms with Gasteiger partial charge in [-0.3, -0.25) is 19.5 Å². The molecule has 4 rings (SSSR count). The van der Waals surface area contributed by atoms with Gasteiger partial charge in [0.1, 0.15) is 18.1 Å². The number of benzene rings is 1. The van der Waals surface area contributed by atoms with Crippen molar-refractivity contribution >= 4 is 29.4 Å². The molecule has 0 aliphatic carbocycles. The molecule has 38 heavy (non-hydrogen) atoms. The molecular weight excluding hydrogens is 498 g/mol. The van der Waals surface area contributed by atoms with Crippen LogP contribution in [0.4, 0.5) is 5.82 Å². The number of nitrogens with zero attached hydrogens (tertiary/aromatic N) is 4. The molecule has 3 aromatic rings. The van der Waals surface area contributed by atoms with Gasteiger partial charge in [0.15, 0.2) is 0 Å². The van der Waals surface area contributed by atoms with Gasteiger partial charge in [-0.25, -0.2) is 4.68 Å². The van der Waals surface area contributed by atoms with Gasteiger partial charge in [0.2, 0.25) is 11.8 Å². The predicted molar refractivity (Wildman–Crippen MR) is 152 cm³/mol. The van der Waals surface area contributed by atoms with Crippen LogP contribution >= 0.6 is 11.8 Å². The lowest BCUT2D eigenvalue weighted by atomic mass is 9.87. The summed E-state index contributed by atoms with van der Waals surface area (Å²) in [5.41, 5.74) is 3.05. The topological polar surface area (TPSA) is 89.3 Å².